The van der Waals surface area contributed by atoms with E-state index in [1.54, 1.807) is 9.47 Å². The van der Waals surface area contributed by atoms with Crippen molar-refractivity contribution in [3.05, 3.63) is 71.3 Å². The first kappa shape index (κ1) is 20.3. The van der Waals surface area contributed by atoms with Crippen LogP contribution in [0.4, 0.5) is 0 Å². The normalized spacial score (nSPS) is 15.4. The lowest BCUT2D eigenvalue weighted by molar-refractivity contribution is -0.123. The third-order valence-corrected chi connectivity index (χ3v) is 7.09. The topological polar surface area (TPSA) is 66.1 Å². The smallest absolute Gasteiger partial charge is 0.273 e. The lowest BCUT2D eigenvalue weighted by Crippen LogP contribution is -2.35. The molecule has 0 unspecified atom stereocenters. The van der Waals surface area contributed by atoms with Gasteiger partial charge in [0.1, 0.15) is 10.7 Å². The number of benzene rings is 1. The van der Waals surface area contributed by atoms with Gasteiger partial charge in [-0.25, -0.2) is 0 Å². The predicted molar refractivity (Wildman–Crippen MR) is 121 cm³/mol. The third-order valence-electron chi connectivity index (χ3n) is 5.18. The highest BCUT2D eigenvalue weighted by molar-refractivity contribution is 7.11. The second-order valence-electron chi connectivity index (χ2n) is 7.35. The highest BCUT2D eigenvalue weighted by Crippen LogP contribution is 2.15. The van der Waals surface area contributed by atoms with Crippen molar-refractivity contribution >= 4 is 40.2 Å². The van der Waals surface area contributed by atoms with Gasteiger partial charge in [-0.1, -0.05) is 18.2 Å². The molecule has 5 nitrogen and oxygen atoms in total. The number of carbonyl (C=O) groups excluding carboxylic acids is 1. The van der Waals surface area contributed by atoms with Crippen molar-refractivity contribution in [2.45, 2.75) is 26.7 Å². The molecule has 2 aromatic heterocycles. The Morgan fingerprint density at radius 2 is 1.97 bits per heavy atom. The molecule has 3 heterocycles. The Morgan fingerprint density at radius 3 is 2.63 bits per heavy atom. The second-order valence-corrected chi connectivity index (χ2v) is 9.36. The van der Waals surface area contributed by atoms with Crippen molar-refractivity contribution in [1.82, 2.24) is 9.47 Å². The maximum Gasteiger partial charge on any atom is 0.273 e. The zero-order valence-electron chi connectivity index (χ0n) is 16.8. The zero-order valence-corrected chi connectivity index (χ0v) is 18.5. The fourth-order valence-electron chi connectivity index (χ4n) is 3.60. The van der Waals surface area contributed by atoms with E-state index in [2.05, 4.69) is 6.07 Å². The van der Waals surface area contributed by atoms with Crippen molar-refractivity contribution in [2.75, 3.05) is 13.1 Å². The number of likely N-dealkylation sites (tertiary alicyclic amines) is 1. The van der Waals surface area contributed by atoms with Crippen molar-refractivity contribution in [1.29, 1.82) is 5.26 Å². The minimum atomic E-state index is -0.294. The summed E-state index contributed by atoms with van der Waals surface area (Å²) in [5.41, 5.74) is 2.45. The van der Waals surface area contributed by atoms with E-state index in [0.717, 1.165) is 28.8 Å². The van der Waals surface area contributed by atoms with Crippen LogP contribution in [0.3, 0.4) is 0 Å². The minimum absolute atomic E-state index is 0.0331. The van der Waals surface area contributed by atoms with E-state index in [4.69, 9.17) is 0 Å². The molecule has 4 rings (SSSR count). The summed E-state index contributed by atoms with van der Waals surface area (Å²) < 4.78 is 2.45. The monoisotopic (exact) mass is 435 g/mol. The summed E-state index contributed by atoms with van der Waals surface area (Å²) in [6.45, 7) is 5.19. The molecular weight excluding hydrogens is 414 g/mol. The Bertz CT molecular complexity index is 1320. The fourth-order valence-corrected chi connectivity index (χ4v) is 5.41. The van der Waals surface area contributed by atoms with Crippen LogP contribution in [0.5, 0.6) is 0 Å². The van der Waals surface area contributed by atoms with Crippen LogP contribution in [0.15, 0.2) is 40.5 Å². The van der Waals surface area contributed by atoms with E-state index in [1.807, 2.05) is 55.6 Å². The van der Waals surface area contributed by atoms with Crippen LogP contribution >= 0.6 is 22.7 Å². The molecule has 3 aromatic rings. The Labute approximate surface area is 182 Å². The Hall–Kier alpha value is -2.95. The van der Waals surface area contributed by atoms with Gasteiger partial charge < -0.3 is 4.90 Å². The van der Waals surface area contributed by atoms with Crippen LogP contribution in [-0.2, 0) is 4.79 Å². The summed E-state index contributed by atoms with van der Waals surface area (Å²) in [4.78, 5) is 29.2. The van der Waals surface area contributed by atoms with Crippen LogP contribution in [0, 0.1) is 25.2 Å². The minimum Gasteiger partial charge on any atom is -0.338 e. The summed E-state index contributed by atoms with van der Waals surface area (Å²) in [7, 11) is 0. The molecule has 0 spiro atoms. The van der Waals surface area contributed by atoms with Gasteiger partial charge in [0.15, 0.2) is 5.57 Å². The summed E-state index contributed by atoms with van der Waals surface area (Å²) in [5, 5.41) is 11.9. The van der Waals surface area contributed by atoms with Gasteiger partial charge in [0.2, 0.25) is 0 Å². The highest BCUT2D eigenvalue weighted by atomic mass is 32.1. The molecule has 30 heavy (non-hydrogen) atoms. The maximum atomic E-state index is 13.4. The lowest BCUT2D eigenvalue weighted by Gasteiger charge is -2.14. The molecule has 0 saturated carbocycles. The van der Waals surface area contributed by atoms with E-state index in [1.165, 1.54) is 22.7 Å². The van der Waals surface area contributed by atoms with Crippen molar-refractivity contribution < 1.29 is 4.79 Å². The van der Waals surface area contributed by atoms with E-state index in [-0.39, 0.29) is 17.0 Å². The number of nitriles is 1. The zero-order chi connectivity index (χ0) is 21.3. The number of thiophene rings is 1. The Balaban J connectivity index is 2.06. The number of carbonyl (C=O) groups is 1. The van der Waals surface area contributed by atoms with Gasteiger partial charge in [-0.2, -0.15) is 5.26 Å². The van der Waals surface area contributed by atoms with Crippen LogP contribution < -0.4 is 14.8 Å². The molecule has 0 atom stereocenters. The standard InChI is InChI=1S/C23H21N3O2S2/c1-15-7-8-16(2)19(12-15)26-22(28)20(13-17-6-5-11-29-17)30-23(26)18(14-24)21(27)25-9-3-4-10-25/h5-8,11-13H,3-4,9-10H2,1-2H3/b20-13+,23-18-. The number of amides is 1. The van der Waals surface area contributed by atoms with Gasteiger partial charge in [0.05, 0.1) is 10.2 Å². The van der Waals surface area contributed by atoms with E-state index in [9.17, 15) is 14.9 Å². The predicted octanol–water partition coefficient (Wildman–Crippen LogP) is 2.70. The Kier molecular flexibility index (Phi) is 5.71. The molecular formula is C23H21N3O2S2. The van der Waals surface area contributed by atoms with E-state index in [0.29, 0.717) is 28.0 Å². The fraction of sp³-hybridized carbons (Fsp3) is 0.261. The first-order chi connectivity index (χ1) is 14.5. The maximum absolute atomic E-state index is 13.4. The highest BCUT2D eigenvalue weighted by Gasteiger charge is 2.24. The van der Waals surface area contributed by atoms with Crippen molar-refractivity contribution in [3.63, 3.8) is 0 Å². The molecule has 0 aliphatic carbocycles. The number of hydrogen-bond donors (Lipinski definition) is 0. The third kappa shape index (κ3) is 3.76. The lowest BCUT2D eigenvalue weighted by atomic mass is 10.1. The summed E-state index contributed by atoms with van der Waals surface area (Å²) in [6, 6.07) is 11.8. The van der Waals surface area contributed by atoms with Gasteiger partial charge in [0.25, 0.3) is 11.5 Å². The molecule has 1 saturated heterocycles. The number of hydrogen-bond acceptors (Lipinski definition) is 5. The van der Waals surface area contributed by atoms with Crippen LogP contribution in [0.1, 0.15) is 28.8 Å². The number of aromatic nitrogens is 1. The van der Waals surface area contributed by atoms with Crippen LogP contribution in [-0.4, -0.2) is 28.5 Å². The van der Waals surface area contributed by atoms with E-state index >= 15 is 0 Å². The number of nitrogens with zero attached hydrogens (tertiary/aromatic N) is 3. The number of aryl methyl sites for hydroxylation is 2. The molecule has 7 heteroatoms. The van der Waals surface area contributed by atoms with Gasteiger partial charge in [-0.15, -0.1) is 22.7 Å². The number of rotatable bonds is 3. The average Bonchev–Trinajstić information content (AvgIpc) is 3.48. The van der Waals surface area contributed by atoms with Crippen molar-refractivity contribution in [2.24, 2.45) is 0 Å². The van der Waals surface area contributed by atoms with Gasteiger partial charge in [0, 0.05) is 18.0 Å². The molecule has 152 valence electrons. The number of thiazole rings is 1. The average molecular weight is 436 g/mol. The van der Waals surface area contributed by atoms with Crippen LogP contribution in [0.2, 0.25) is 0 Å². The molecule has 0 radical (unpaired) electrons. The SMILES string of the molecule is Cc1ccc(C)c(-n2c(=O)/c(=C\c3cccs3)s/c2=C(/C#N)C(=O)N2CCCC2)c1. The summed E-state index contributed by atoms with van der Waals surface area (Å²) in [5.74, 6) is -0.294. The largest absolute Gasteiger partial charge is 0.338 e. The Morgan fingerprint density at radius 1 is 1.20 bits per heavy atom. The first-order valence-electron chi connectivity index (χ1n) is 9.78. The van der Waals surface area contributed by atoms with E-state index < -0.39 is 0 Å². The molecule has 1 aromatic carbocycles. The quantitative estimate of drug-likeness (QED) is 0.635. The van der Waals surface area contributed by atoms with Crippen LogP contribution in [0.25, 0.3) is 17.3 Å². The molecule has 1 aliphatic heterocycles. The van der Waals surface area contributed by atoms with Crippen molar-refractivity contribution in [3.8, 4) is 11.8 Å². The molecule has 1 fully saturated rings. The molecule has 0 N–H and O–H groups in total. The molecule has 0 bridgehead atoms. The second kappa shape index (κ2) is 8.42. The van der Waals surface area contributed by atoms with Gasteiger partial charge in [-0.05, 0) is 61.4 Å². The van der Waals surface area contributed by atoms with Gasteiger partial charge in [-0.3, -0.25) is 14.2 Å². The molecule has 1 amide bonds. The summed E-state index contributed by atoms with van der Waals surface area (Å²) >= 11 is 2.75. The first-order valence-corrected chi connectivity index (χ1v) is 11.5. The molecule has 1 aliphatic rings. The van der Waals surface area contributed by atoms with Gasteiger partial charge >= 0.3 is 0 Å². The summed E-state index contributed by atoms with van der Waals surface area (Å²) in [6.07, 6.45) is 3.71.